The number of urea groups is 1. The van der Waals surface area contributed by atoms with Crippen molar-refractivity contribution in [2.24, 2.45) is 0 Å². The molecule has 0 fully saturated rings. The Hall–Kier alpha value is -2.34. The van der Waals surface area contributed by atoms with E-state index in [1.54, 1.807) is 6.92 Å². The van der Waals surface area contributed by atoms with Gasteiger partial charge in [0.2, 0.25) is 0 Å². The van der Waals surface area contributed by atoms with E-state index in [-0.39, 0.29) is 12.6 Å². The Kier molecular flexibility index (Phi) is 4.57. The summed E-state index contributed by atoms with van der Waals surface area (Å²) in [5.74, 6) is 0.643. The molecule has 1 aromatic carbocycles. The summed E-state index contributed by atoms with van der Waals surface area (Å²) in [7, 11) is 0. The monoisotopic (exact) mass is 329 g/mol. The third-order valence-electron chi connectivity index (χ3n) is 4.59. The molecule has 6 heteroatoms. The minimum atomic E-state index is -1.02. The molecule has 1 aliphatic rings. The summed E-state index contributed by atoms with van der Waals surface area (Å²) in [6.45, 7) is 3.88. The van der Waals surface area contributed by atoms with Crippen LogP contribution < -0.4 is 10.6 Å². The molecule has 2 aromatic rings. The number of carbonyl (C=O) groups excluding carboxylic acids is 1. The second-order valence-corrected chi connectivity index (χ2v) is 6.27. The van der Waals surface area contributed by atoms with Gasteiger partial charge in [-0.05, 0) is 37.3 Å². The Labute approximate surface area is 141 Å². The second-order valence-electron chi connectivity index (χ2n) is 6.27. The van der Waals surface area contributed by atoms with Crippen LogP contribution in [0.3, 0.4) is 0 Å². The van der Waals surface area contributed by atoms with E-state index in [9.17, 15) is 9.90 Å². The highest BCUT2D eigenvalue weighted by atomic mass is 16.5. The molecule has 6 nitrogen and oxygen atoms in total. The van der Waals surface area contributed by atoms with Gasteiger partial charge in [-0.25, -0.2) is 4.79 Å². The molecule has 0 saturated heterocycles. The van der Waals surface area contributed by atoms with Gasteiger partial charge in [-0.1, -0.05) is 36.3 Å². The Morgan fingerprint density at radius 1 is 1.42 bits per heavy atom. The average molecular weight is 329 g/mol. The van der Waals surface area contributed by atoms with Crippen LogP contribution in [0, 0.1) is 6.92 Å². The molecule has 1 aliphatic carbocycles. The fraction of sp³-hybridized carbons (Fsp3) is 0.444. The highest BCUT2D eigenvalue weighted by Gasteiger charge is 2.34. The van der Waals surface area contributed by atoms with Crippen molar-refractivity contribution < 1.29 is 14.4 Å². The van der Waals surface area contributed by atoms with Crippen LogP contribution in [0.5, 0.6) is 0 Å². The molecular weight excluding hydrogens is 306 g/mol. The van der Waals surface area contributed by atoms with E-state index in [0.29, 0.717) is 30.0 Å². The van der Waals surface area contributed by atoms with Crippen LogP contribution in [0.25, 0.3) is 0 Å². The summed E-state index contributed by atoms with van der Waals surface area (Å²) in [6, 6.07) is 7.50. The molecule has 3 rings (SSSR count). The predicted molar refractivity (Wildman–Crippen MR) is 90.9 cm³/mol. The van der Waals surface area contributed by atoms with E-state index in [1.165, 1.54) is 0 Å². The van der Waals surface area contributed by atoms with Crippen molar-refractivity contribution in [3.05, 3.63) is 46.8 Å². The number of benzene rings is 1. The molecule has 2 amide bonds. The van der Waals surface area contributed by atoms with Crippen molar-refractivity contribution in [2.75, 3.05) is 11.9 Å². The van der Waals surface area contributed by atoms with Crippen LogP contribution in [0.4, 0.5) is 10.5 Å². The molecule has 1 atom stereocenters. The first kappa shape index (κ1) is 16.5. The lowest BCUT2D eigenvalue weighted by molar-refractivity contribution is 0.0221. The lowest BCUT2D eigenvalue weighted by Crippen LogP contribution is -2.44. The SMILES string of the molecule is CCc1onc(C)c1NC(=O)NCC1(O)CCCc2ccccc21. The van der Waals surface area contributed by atoms with Gasteiger partial charge >= 0.3 is 6.03 Å². The summed E-state index contributed by atoms with van der Waals surface area (Å²) < 4.78 is 5.16. The van der Waals surface area contributed by atoms with Crippen LogP contribution in [-0.4, -0.2) is 22.8 Å². The number of amides is 2. The first-order valence-corrected chi connectivity index (χ1v) is 8.34. The maximum atomic E-state index is 12.2. The van der Waals surface area contributed by atoms with E-state index in [1.807, 2.05) is 31.2 Å². The van der Waals surface area contributed by atoms with Gasteiger partial charge in [0, 0.05) is 6.42 Å². The quantitative estimate of drug-likeness (QED) is 0.805. The summed E-state index contributed by atoms with van der Waals surface area (Å²) in [5.41, 5.74) is 2.28. The summed E-state index contributed by atoms with van der Waals surface area (Å²) >= 11 is 0. The molecular formula is C18H23N3O3. The van der Waals surface area contributed by atoms with E-state index in [0.717, 1.165) is 24.0 Å². The normalized spacial score (nSPS) is 19.6. The van der Waals surface area contributed by atoms with Crippen molar-refractivity contribution >= 4 is 11.7 Å². The van der Waals surface area contributed by atoms with Crippen LogP contribution in [-0.2, 0) is 18.4 Å². The minimum Gasteiger partial charge on any atom is -0.383 e. The summed E-state index contributed by atoms with van der Waals surface area (Å²) in [5, 5.41) is 20.4. The Bertz CT molecular complexity index is 741. The van der Waals surface area contributed by atoms with Crippen molar-refractivity contribution in [3.8, 4) is 0 Å². The maximum Gasteiger partial charge on any atom is 0.319 e. The second kappa shape index (κ2) is 6.65. The molecule has 0 bridgehead atoms. The van der Waals surface area contributed by atoms with E-state index in [2.05, 4.69) is 15.8 Å². The number of anilines is 1. The number of nitrogens with zero attached hydrogens (tertiary/aromatic N) is 1. The molecule has 24 heavy (non-hydrogen) atoms. The number of aliphatic hydroxyl groups is 1. The van der Waals surface area contributed by atoms with Crippen LogP contribution in [0.1, 0.15) is 42.3 Å². The number of hydrogen-bond acceptors (Lipinski definition) is 4. The number of hydrogen-bond donors (Lipinski definition) is 3. The Morgan fingerprint density at radius 3 is 3.00 bits per heavy atom. The van der Waals surface area contributed by atoms with Crippen LogP contribution in [0.2, 0.25) is 0 Å². The zero-order valence-corrected chi connectivity index (χ0v) is 14.1. The van der Waals surface area contributed by atoms with E-state index >= 15 is 0 Å². The molecule has 1 unspecified atom stereocenters. The maximum absolute atomic E-state index is 12.2. The number of aromatic nitrogens is 1. The lowest BCUT2D eigenvalue weighted by atomic mass is 9.79. The van der Waals surface area contributed by atoms with Crippen molar-refractivity contribution in [2.45, 2.75) is 45.1 Å². The van der Waals surface area contributed by atoms with Crippen molar-refractivity contribution in [1.29, 1.82) is 0 Å². The lowest BCUT2D eigenvalue weighted by Gasteiger charge is -2.34. The zero-order chi connectivity index (χ0) is 17.2. The van der Waals surface area contributed by atoms with Gasteiger partial charge in [0.25, 0.3) is 0 Å². The molecule has 3 N–H and O–H groups in total. The highest BCUT2D eigenvalue weighted by Crippen LogP contribution is 2.34. The number of nitrogens with one attached hydrogen (secondary N) is 2. The van der Waals surface area contributed by atoms with Gasteiger partial charge in [0.15, 0.2) is 5.76 Å². The number of carbonyl (C=O) groups is 1. The highest BCUT2D eigenvalue weighted by molar-refractivity contribution is 5.90. The molecule has 128 valence electrons. The number of rotatable bonds is 4. The topological polar surface area (TPSA) is 87.4 Å². The molecule has 1 aromatic heterocycles. The molecule has 0 spiro atoms. The third-order valence-corrected chi connectivity index (χ3v) is 4.59. The summed E-state index contributed by atoms with van der Waals surface area (Å²) in [6.07, 6.45) is 3.15. The fourth-order valence-corrected chi connectivity index (χ4v) is 3.28. The van der Waals surface area contributed by atoms with Gasteiger partial charge in [-0.15, -0.1) is 0 Å². The van der Waals surface area contributed by atoms with Crippen LogP contribution in [0.15, 0.2) is 28.8 Å². The van der Waals surface area contributed by atoms with Gasteiger partial charge < -0.3 is 20.3 Å². The van der Waals surface area contributed by atoms with E-state index < -0.39 is 5.60 Å². The first-order valence-electron chi connectivity index (χ1n) is 8.34. The standard InChI is InChI=1S/C18H23N3O3/c1-3-15-16(12(2)21-24-15)20-17(22)19-11-18(23)10-6-8-13-7-4-5-9-14(13)18/h4-5,7,9,23H,3,6,8,10-11H2,1-2H3,(H2,19,20,22). The third kappa shape index (κ3) is 3.14. The van der Waals surface area contributed by atoms with Gasteiger partial charge in [0.1, 0.15) is 17.0 Å². The smallest absolute Gasteiger partial charge is 0.319 e. The van der Waals surface area contributed by atoms with Gasteiger partial charge in [-0.3, -0.25) is 0 Å². The Morgan fingerprint density at radius 2 is 2.21 bits per heavy atom. The number of aryl methyl sites for hydroxylation is 3. The minimum absolute atomic E-state index is 0.168. The van der Waals surface area contributed by atoms with Crippen molar-refractivity contribution in [3.63, 3.8) is 0 Å². The van der Waals surface area contributed by atoms with E-state index in [4.69, 9.17) is 4.52 Å². The largest absolute Gasteiger partial charge is 0.383 e. The molecule has 0 aliphatic heterocycles. The van der Waals surface area contributed by atoms with Gasteiger partial charge in [0.05, 0.1) is 6.54 Å². The molecule has 0 radical (unpaired) electrons. The van der Waals surface area contributed by atoms with Gasteiger partial charge in [-0.2, -0.15) is 0 Å². The number of fused-ring (bicyclic) bond motifs is 1. The molecule has 1 heterocycles. The summed E-state index contributed by atoms with van der Waals surface area (Å²) in [4.78, 5) is 12.2. The molecule has 0 saturated carbocycles. The Balaban J connectivity index is 1.67. The predicted octanol–water partition coefficient (Wildman–Crippen LogP) is 2.89. The average Bonchev–Trinajstić information content (AvgIpc) is 2.94. The zero-order valence-electron chi connectivity index (χ0n) is 14.1. The van der Waals surface area contributed by atoms with Crippen LogP contribution >= 0.6 is 0 Å². The fourth-order valence-electron chi connectivity index (χ4n) is 3.28. The van der Waals surface area contributed by atoms with Crippen molar-refractivity contribution in [1.82, 2.24) is 10.5 Å². The first-order chi connectivity index (χ1) is 11.5.